The fourth-order valence-electron chi connectivity index (χ4n) is 3.97. The lowest BCUT2D eigenvalue weighted by Gasteiger charge is -2.14. The Kier molecular flexibility index (Phi) is 8.23. The van der Waals surface area contributed by atoms with Crippen LogP contribution in [0.15, 0.2) is 77.6 Å². The summed E-state index contributed by atoms with van der Waals surface area (Å²) >= 11 is 0. The van der Waals surface area contributed by atoms with E-state index >= 15 is 0 Å². The van der Waals surface area contributed by atoms with Gasteiger partial charge in [0.2, 0.25) is 5.78 Å². The van der Waals surface area contributed by atoms with Gasteiger partial charge in [-0.05, 0) is 30.3 Å². The second-order valence-corrected chi connectivity index (χ2v) is 8.52. The summed E-state index contributed by atoms with van der Waals surface area (Å²) in [5.74, 6) is -9.32. The molecule has 2 N–H and O–H groups in total. The smallest absolute Gasteiger partial charge is 0.375 e. The zero-order valence-corrected chi connectivity index (χ0v) is 21.6. The SMILES string of the molecule is COC(=O)C(=O)C(C(=O)C(=O)Nc1ccccc1C(=O)OC)c1nc2ccc(C(=O)c3ccccc3)cc2[nH]c1=O. The molecule has 1 aromatic heterocycles. The molecule has 1 heterocycles. The number of ether oxygens (including phenoxy) is 2. The summed E-state index contributed by atoms with van der Waals surface area (Å²) in [6.45, 7) is 0. The number of hydrogen-bond donors (Lipinski definition) is 2. The van der Waals surface area contributed by atoms with Crippen LogP contribution in [0.2, 0.25) is 0 Å². The van der Waals surface area contributed by atoms with Crippen molar-refractivity contribution in [3.05, 3.63) is 106 Å². The number of amides is 1. The average molecular weight is 555 g/mol. The van der Waals surface area contributed by atoms with E-state index in [2.05, 4.69) is 24.8 Å². The Labute approximate surface area is 231 Å². The summed E-state index contributed by atoms with van der Waals surface area (Å²) in [5, 5.41) is 2.21. The number of nitrogens with one attached hydrogen (secondary N) is 2. The number of benzene rings is 3. The Morgan fingerprint density at radius 2 is 1.49 bits per heavy atom. The van der Waals surface area contributed by atoms with E-state index in [4.69, 9.17) is 0 Å². The minimum atomic E-state index is -2.27. The van der Waals surface area contributed by atoms with Gasteiger partial charge >= 0.3 is 11.9 Å². The van der Waals surface area contributed by atoms with E-state index < -0.39 is 46.6 Å². The van der Waals surface area contributed by atoms with Crippen LogP contribution in [0.1, 0.15) is 37.9 Å². The number of hydrogen-bond acceptors (Lipinski definition) is 10. The number of esters is 2. The van der Waals surface area contributed by atoms with Gasteiger partial charge in [-0.2, -0.15) is 0 Å². The Morgan fingerprint density at radius 1 is 0.805 bits per heavy atom. The second kappa shape index (κ2) is 11.9. The lowest BCUT2D eigenvalue weighted by atomic mass is 9.94. The quantitative estimate of drug-likeness (QED) is 0.134. The average Bonchev–Trinajstić information content (AvgIpc) is 3.00. The monoisotopic (exact) mass is 555 g/mol. The maximum Gasteiger partial charge on any atom is 0.375 e. The Bertz CT molecular complexity index is 1780. The number of fused-ring (bicyclic) bond motifs is 1. The molecule has 0 fully saturated rings. The summed E-state index contributed by atoms with van der Waals surface area (Å²) in [6.07, 6.45) is 0. The summed E-state index contributed by atoms with van der Waals surface area (Å²) in [6, 6.07) is 18.2. The highest BCUT2D eigenvalue weighted by Gasteiger charge is 2.40. The largest absolute Gasteiger partial charge is 0.465 e. The van der Waals surface area contributed by atoms with Gasteiger partial charge < -0.3 is 19.8 Å². The molecule has 0 spiro atoms. The summed E-state index contributed by atoms with van der Waals surface area (Å²) in [7, 11) is 2.01. The second-order valence-electron chi connectivity index (χ2n) is 8.52. The third kappa shape index (κ3) is 5.81. The lowest BCUT2D eigenvalue weighted by molar-refractivity contribution is -0.154. The third-order valence-electron chi connectivity index (χ3n) is 6.01. The molecular formula is C29H21N3O9. The number of anilines is 1. The van der Waals surface area contributed by atoms with E-state index in [9.17, 15) is 33.6 Å². The number of aromatic amines is 1. The van der Waals surface area contributed by atoms with Crippen molar-refractivity contribution in [1.29, 1.82) is 0 Å². The molecule has 1 atom stereocenters. The molecule has 3 aromatic carbocycles. The highest BCUT2D eigenvalue weighted by molar-refractivity contribution is 6.52. The van der Waals surface area contributed by atoms with Crippen LogP contribution >= 0.6 is 0 Å². The minimum Gasteiger partial charge on any atom is -0.465 e. The van der Waals surface area contributed by atoms with Crippen molar-refractivity contribution in [2.45, 2.75) is 5.92 Å². The molecule has 4 rings (SSSR count). The predicted octanol–water partition coefficient (Wildman–Crippen LogP) is 1.97. The number of methoxy groups -OCH3 is 2. The molecule has 0 saturated heterocycles. The van der Waals surface area contributed by atoms with Crippen LogP contribution in [0.5, 0.6) is 0 Å². The molecule has 0 aliphatic heterocycles. The summed E-state index contributed by atoms with van der Waals surface area (Å²) in [5.41, 5.74) is -1.18. The molecule has 1 amide bonds. The predicted molar refractivity (Wildman–Crippen MR) is 143 cm³/mol. The van der Waals surface area contributed by atoms with Gasteiger partial charge in [0.15, 0.2) is 5.78 Å². The molecule has 4 aromatic rings. The number of Topliss-reactive ketones (excluding diaryl/α,β-unsaturated/α-hetero) is 2. The van der Waals surface area contributed by atoms with Crippen molar-refractivity contribution in [3.63, 3.8) is 0 Å². The first-order valence-corrected chi connectivity index (χ1v) is 11.9. The van der Waals surface area contributed by atoms with Gasteiger partial charge in [0, 0.05) is 11.1 Å². The highest BCUT2D eigenvalue weighted by Crippen LogP contribution is 2.21. The minimum absolute atomic E-state index is 0.0659. The van der Waals surface area contributed by atoms with Gasteiger partial charge in [0.25, 0.3) is 17.2 Å². The number of rotatable bonds is 9. The number of carbonyl (C=O) groups is 6. The maximum atomic E-state index is 13.3. The molecule has 12 heteroatoms. The molecular weight excluding hydrogens is 534 g/mol. The van der Waals surface area contributed by atoms with Crippen molar-refractivity contribution < 1.29 is 38.2 Å². The number of ketones is 3. The first-order chi connectivity index (χ1) is 19.7. The van der Waals surface area contributed by atoms with Crippen molar-refractivity contribution in [1.82, 2.24) is 9.97 Å². The van der Waals surface area contributed by atoms with Gasteiger partial charge in [0.05, 0.1) is 36.5 Å². The van der Waals surface area contributed by atoms with E-state index in [0.717, 1.165) is 14.2 Å². The number of carbonyl (C=O) groups excluding carboxylic acids is 6. The first kappa shape index (κ1) is 28.2. The fraction of sp³-hybridized carbons (Fsp3) is 0.103. The Balaban J connectivity index is 1.73. The van der Waals surface area contributed by atoms with Crippen molar-refractivity contribution in [2.24, 2.45) is 0 Å². The van der Waals surface area contributed by atoms with Crippen LogP contribution < -0.4 is 10.9 Å². The van der Waals surface area contributed by atoms with E-state index in [1.807, 2.05) is 0 Å². The fourth-order valence-corrected chi connectivity index (χ4v) is 3.97. The molecule has 206 valence electrons. The van der Waals surface area contributed by atoms with Crippen LogP contribution in [0.4, 0.5) is 5.69 Å². The summed E-state index contributed by atoms with van der Waals surface area (Å²) in [4.78, 5) is 95.7. The molecule has 12 nitrogen and oxygen atoms in total. The topological polar surface area (TPSA) is 179 Å². The first-order valence-electron chi connectivity index (χ1n) is 11.9. The number of para-hydroxylation sites is 1. The van der Waals surface area contributed by atoms with Crippen LogP contribution in [0.3, 0.4) is 0 Å². The van der Waals surface area contributed by atoms with Gasteiger partial charge in [-0.1, -0.05) is 42.5 Å². The molecule has 0 saturated carbocycles. The molecule has 1 unspecified atom stereocenters. The molecule has 41 heavy (non-hydrogen) atoms. The van der Waals surface area contributed by atoms with E-state index in [1.165, 1.54) is 42.5 Å². The van der Waals surface area contributed by atoms with Crippen LogP contribution in [-0.4, -0.2) is 59.4 Å². The van der Waals surface area contributed by atoms with Gasteiger partial charge in [-0.25, -0.2) is 14.6 Å². The standard InChI is InChI=1S/C29H21N3O9/c1-40-28(38)17-10-6-7-11-18(17)31-27(37)24(34)21(25(35)29(39)41-2)22-26(36)32-20-14-16(12-13-19(20)30-22)23(33)15-8-4-3-5-9-15/h3-14,21H,1-2H3,(H,31,37)(H,32,36). The lowest BCUT2D eigenvalue weighted by Crippen LogP contribution is -2.39. The molecule has 0 bridgehead atoms. The molecule has 0 aliphatic rings. The van der Waals surface area contributed by atoms with Crippen LogP contribution in [-0.2, 0) is 28.7 Å². The Hall–Kier alpha value is -5.78. The number of nitrogens with zero attached hydrogens (tertiary/aromatic N) is 1. The third-order valence-corrected chi connectivity index (χ3v) is 6.01. The zero-order valence-electron chi connectivity index (χ0n) is 21.6. The van der Waals surface area contributed by atoms with E-state index in [1.54, 1.807) is 30.3 Å². The van der Waals surface area contributed by atoms with Crippen molar-refractivity contribution >= 4 is 51.9 Å². The van der Waals surface area contributed by atoms with Gasteiger partial charge in [-0.15, -0.1) is 0 Å². The summed E-state index contributed by atoms with van der Waals surface area (Å²) < 4.78 is 9.09. The van der Waals surface area contributed by atoms with Gasteiger partial charge in [-0.3, -0.25) is 24.0 Å². The zero-order chi connectivity index (χ0) is 29.7. The molecule has 0 radical (unpaired) electrons. The van der Waals surface area contributed by atoms with Crippen molar-refractivity contribution in [2.75, 3.05) is 19.5 Å². The number of H-pyrrole nitrogens is 1. The number of aromatic nitrogens is 2. The van der Waals surface area contributed by atoms with E-state index in [0.29, 0.717) is 5.56 Å². The van der Waals surface area contributed by atoms with E-state index in [-0.39, 0.29) is 33.6 Å². The highest BCUT2D eigenvalue weighted by atomic mass is 16.5. The van der Waals surface area contributed by atoms with Crippen LogP contribution in [0.25, 0.3) is 11.0 Å². The van der Waals surface area contributed by atoms with Gasteiger partial charge in [0.1, 0.15) is 11.6 Å². The maximum absolute atomic E-state index is 13.3. The van der Waals surface area contributed by atoms with Crippen molar-refractivity contribution in [3.8, 4) is 0 Å². The normalized spacial score (nSPS) is 11.3. The van der Waals surface area contributed by atoms with Crippen LogP contribution in [0, 0.1) is 0 Å². The molecule has 0 aliphatic carbocycles. The Morgan fingerprint density at radius 3 is 2.17 bits per heavy atom.